The number of pyridine rings is 1. The van der Waals surface area contributed by atoms with Crippen molar-refractivity contribution in [2.24, 2.45) is 0 Å². The molecule has 0 aliphatic carbocycles. The molecular formula is C16H14ClNO4. The summed E-state index contributed by atoms with van der Waals surface area (Å²) in [6, 6.07) is 7.43. The molecule has 0 spiro atoms. The molecule has 0 radical (unpaired) electrons. The molecule has 2 aromatic rings. The van der Waals surface area contributed by atoms with Crippen molar-refractivity contribution >= 4 is 17.8 Å². The second-order valence-corrected chi connectivity index (χ2v) is 5.34. The molecule has 22 heavy (non-hydrogen) atoms. The molecule has 1 aromatic heterocycles. The standard InChI is InChI=1S/C16H14ClNO4/c1-9-14(22-16(19)20-2)13-8-21-15(12(13)7-18-9)10-3-5-11(17)6-4-10/h3-7,15H,8H2,1-2H3/t15-/m0/s1. The van der Waals surface area contributed by atoms with Gasteiger partial charge in [0.15, 0.2) is 5.75 Å². The Hall–Kier alpha value is -2.11. The minimum absolute atomic E-state index is 0.250. The maximum Gasteiger partial charge on any atom is 0.513 e. The Balaban J connectivity index is 1.99. The van der Waals surface area contributed by atoms with Gasteiger partial charge in [-0.2, -0.15) is 0 Å². The summed E-state index contributed by atoms with van der Waals surface area (Å²) in [6.07, 6.45) is 0.731. The van der Waals surface area contributed by atoms with E-state index in [1.54, 1.807) is 13.1 Å². The van der Waals surface area contributed by atoms with Crippen LogP contribution in [0, 0.1) is 6.92 Å². The second-order valence-electron chi connectivity index (χ2n) is 4.91. The third-order valence-electron chi connectivity index (χ3n) is 3.55. The predicted octanol–water partition coefficient (Wildman–Crippen LogP) is 3.81. The Bertz CT molecular complexity index is 715. The van der Waals surface area contributed by atoms with Crippen LogP contribution in [0.25, 0.3) is 0 Å². The van der Waals surface area contributed by atoms with Crippen LogP contribution in [-0.2, 0) is 16.1 Å². The van der Waals surface area contributed by atoms with E-state index in [0.29, 0.717) is 23.1 Å². The van der Waals surface area contributed by atoms with E-state index in [1.165, 1.54) is 7.11 Å². The van der Waals surface area contributed by atoms with E-state index in [0.717, 1.165) is 16.7 Å². The monoisotopic (exact) mass is 319 g/mol. The van der Waals surface area contributed by atoms with E-state index in [9.17, 15) is 4.79 Å². The fourth-order valence-corrected chi connectivity index (χ4v) is 2.58. The first-order valence-corrected chi connectivity index (χ1v) is 7.09. The number of halogens is 1. The number of nitrogens with zero attached hydrogens (tertiary/aromatic N) is 1. The summed E-state index contributed by atoms with van der Waals surface area (Å²) in [6.45, 7) is 2.12. The van der Waals surface area contributed by atoms with Gasteiger partial charge in [-0.3, -0.25) is 4.98 Å². The van der Waals surface area contributed by atoms with Gasteiger partial charge in [-0.05, 0) is 24.6 Å². The van der Waals surface area contributed by atoms with Crippen molar-refractivity contribution in [3.8, 4) is 5.75 Å². The van der Waals surface area contributed by atoms with Crippen molar-refractivity contribution in [2.75, 3.05) is 7.11 Å². The lowest BCUT2D eigenvalue weighted by Gasteiger charge is -2.13. The SMILES string of the molecule is COC(=O)Oc1c(C)ncc2c1CO[C@H]2c1ccc(Cl)cc1. The maximum atomic E-state index is 11.4. The number of methoxy groups -OCH3 is 1. The van der Waals surface area contributed by atoms with Gasteiger partial charge in [-0.15, -0.1) is 0 Å². The molecule has 3 rings (SSSR count). The van der Waals surface area contributed by atoms with Crippen LogP contribution >= 0.6 is 11.6 Å². The lowest BCUT2D eigenvalue weighted by molar-refractivity contribution is 0.0920. The van der Waals surface area contributed by atoms with E-state index in [1.807, 2.05) is 24.3 Å². The summed E-state index contributed by atoms with van der Waals surface area (Å²) < 4.78 is 15.6. The third kappa shape index (κ3) is 2.65. The Morgan fingerprint density at radius 3 is 2.77 bits per heavy atom. The average molecular weight is 320 g/mol. The molecule has 0 N–H and O–H groups in total. The van der Waals surface area contributed by atoms with Crippen LogP contribution in [0.15, 0.2) is 30.5 Å². The van der Waals surface area contributed by atoms with Crippen LogP contribution in [0.1, 0.15) is 28.5 Å². The Kier molecular flexibility index (Phi) is 4.00. The highest BCUT2D eigenvalue weighted by Gasteiger charge is 2.30. The van der Waals surface area contributed by atoms with Gasteiger partial charge >= 0.3 is 6.16 Å². The van der Waals surface area contributed by atoms with Crippen molar-refractivity contribution in [2.45, 2.75) is 19.6 Å². The molecule has 1 aliphatic heterocycles. The number of benzene rings is 1. The molecule has 0 unspecified atom stereocenters. The zero-order valence-electron chi connectivity index (χ0n) is 12.1. The molecule has 5 nitrogen and oxygen atoms in total. The van der Waals surface area contributed by atoms with Gasteiger partial charge in [0.2, 0.25) is 0 Å². The van der Waals surface area contributed by atoms with Gasteiger partial charge in [0.05, 0.1) is 19.4 Å². The highest BCUT2D eigenvalue weighted by atomic mass is 35.5. The van der Waals surface area contributed by atoms with Crippen LogP contribution in [0.5, 0.6) is 5.75 Å². The maximum absolute atomic E-state index is 11.4. The fraction of sp³-hybridized carbons (Fsp3) is 0.250. The number of ether oxygens (including phenoxy) is 3. The molecule has 1 atom stereocenters. The van der Waals surface area contributed by atoms with Crippen molar-refractivity contribution in [1.29, 1.82) is 0 Å². The number of fused-ring (bicyclic) bond motifs is 1. The topological polar surface area (TPSA) is 57.7 Å². The number of aromatic nitrogens is 1. The Labute approximate surface area is 132 Å². The minimum Gasteiger partial charge on any atom is -0.437 e. The third-order valence-corrected chi connectivity index (χ3v) is 3.80. The number of carbonyl (C=O) groups is 1. The molecule has 0 saturated carbocycles. The molecule has 1 aliphatic rings. The van der Waals surface area contributed by atoms with Gasteiger partial charge in [0, 0.05) is 22.3 Å². The quantitative estimate of drug-likeness (QED) is 0.788. The van der Waals surface area contributed by atoms with Gasteiger partial charge in [-0.1, -0.05) is 23.7 Å². The molecule has 0 fully saturated rings. The molecular weight excluding hydrogens is 306 g/mol. The van der Waals surface area contributed by atoms with E-state index < -0.39 is 6.16 Å². The number of rotatable bonds is 2. The summed E-state index contributed by atoms with van der Waals surface area (Å²) in [7, 11) is 1.27. The summed E-state index contributed by atoms with van der Waals surface area (Å²) in [5, 5.41) is 0.665. The van der Waals surface area contributed by atoms with Crippen LogP contribution in [0.4, 0.5) is 4.79 Å². The second kappa shape index (κ2) is 5.94. The van der Waals surface area contributed by atoms with E-state index >= 15 is 0 Å². The van der Waals surface area contributed by atoms with Crippen molar-refractivity contribution < 1.29 is 19.0 Å². The lowest BCUT2D eigenvalue weighted by atomic mass is 10.0. The number of hydrogen-bond donors (Lipinski definition) is 0. The largest absolute Gasteiger partial charge is 0.513 e. The van der Waals surface area contributed by atoms with Crippen molar-refractivity contribution in [3.63, 3.8) is 0 Å². The first kappa shape index (κ1) is 14.8. The molecule has 0 saturated heterocycles. The summed E-state index contributed by atoms with van der Waals surface area (Å²) in [5.74, 6) is 0.404. The predicted molar refractivity (Wildman–Crippen MR) is 80.1 cm³/mol. The zero-order chi connectivity index (χ0) is 15.7. The molecule has 6 heteroatoms. The molecule has 0 amide bonds. The van der Waals surface area contributed by atoms with Gasteiger partial charge in [0.25, 0.3) is 0 Å². The molecule has 114 valence electrons. The van der Waals surface area contributed by atoms with Crippen molar-refractivity contribution in [3.05, 3.63) is 57.9 Å². The van der Waals surface area contributed by atoms with E-state index in [2.05, 4.69) is 9.72 Å². The minimum atomic E-state index is -0.770. The molecule has 0 bridgehead atoms. The first-order valence-electron chi connectivity index (χ1n) is 6.71. The van der Waals surface area contributed by atoms with Crippen LogP contribution < -0.4 is 4.74 Å². The van der Waals surface area contributed by atoms with Gasteiger partial charge < -0.3 is 14.2 Å². The number of aryl methyl sites for hydroxylation is 1. The van der Waals surface area contributed by atoms with Crippen LogP contribution in [-0.4, -0.2) is 18.2 Å². The fourth-order valence-electron chi connectivity index (χ4n) is 2.46. The van der Waals surface area contributed by atoms with E-state index in [-0.39, 0.29) is 6.10 Å². The number of carbonyl (C=O) groups excluding carboxylic acids is 1. The van der Waals surface area contributed by atoms with E-state index in [4.69, 9.17) is 21.1 Å². The highest BCUT2D eigenvalue weighted by Crippen LogP contribution is 2.41. The Morgan fingerprint density at radius 2 is 2.09 bits per heavy atom. The Morgan fingerprint density at radius 1 is 1.36 bits per heavy atom. The molecule has 1 aromatic carbocycles. The van der Waals surface area contributed by atoms with Gasteiger partial charge in [0.1, 0.15) is 6.10 Å². The average Bonchev–Trinajstić information content (AvgIpc) is 2.95. The van der Waals surface area contributed by atoms with Crippen LogP contribution in [0.3, 0.4) is 0 Å². The van der Waals surface area contributed by atoms with Gasteiger partial charge in [-0.25, -0.2) is 4.79 Å². The first-order chi connectivity index (χ1) is 10.6. The summed E-state index contributed by atoms with van der Waals surface area (Å²) >= 11 is 5.91. The lowest BCUT2D eigenvalue weighted by Crippen LogP contribution is -2.11. The highest BCUT2D eigenvalue weighted by molar-refractivity contribution is 6.30. The smallest absolute Gasteiger partial charge is 0.437 e. The number of hydrogen-bond acceptors (Lipinski definition) is 5. The van der Waals surface area contributed by atoms with Crippen LogP contribution in [0.2, 0.25) is 5.02 Å². The summed E-state index contributed by atoms with van der Waals surface area (Å²) in [5.41, 5.74) is 3.28. The summed E-state index contributed by atoms with van der Waals surface area (Å²) in [4.78, 5) is 15.7. The normalized spacial score (nSPS) is 16.2. The molecule has 2 heterocycles. The zero-order valence-corrected chi connectivity index (χ0v) is 12.9. The van der Waals surface area contributed by atoms with Crippen molar-refractivity contribution in [1.82, 2.24) is 4.98 Å².